The molecular formula is C20H27NO3S2. The van der Waals surface area contributed by atoms with Gasteiger partial charge in [-0.1, -0.05) is 6.07 Å². The molecule has 0 radical (unpaired) electrons. The number of ether oxygens (including phenoxy) is 1. The van der Waals surface area contributed by atoms with Crippen LogP contribution >= 0.6 is 23.1 Å². The summed E-state index contributed by atoms with van der Waals surface area (Å²) in [5.74, 6) is 4.30. The quantitative estimate of drug-likeness (QED) is 0.540. The van der Waals surface area contributed by atoms with E-state index in [4.69, 9.17) is 4.74 Å². The smallest absolute Gasteiger partial charge is 0.310 e. The molecule has 4 bridgehead atoms. The molecule has 6 heteroatoms. The average Bonchev–Trinajstić information content (AvgIpc) is 3.12. The molecule has 1 amide bonds. The van der Waals surface area contributed by atoms with Crippen molar-refractivity contribution in [2.24, 2.45) is 29.6 Å². The first kappa shape index (κ1) is 18.4. The van der Waals surface area contributed by atoms with Crippen LogP contribution in [0.25, 0.3) is 0 Å². The fraction of sp³-hybridized carbons (Fsp3) is 0.700. The minimum atomic E-state index is -0.182. The highest BCUT2D eigenvalue weighted by Gasteiger charge is 2.51. The van der Waals surface area contributed by atoms with E-state index in [1.54, 1.807) is 23.1 Å². The third-order valence-corrected chi connectivity index (χ3v) is 8.30. The Bertz CT molecular complexity index is 603. The summed E-state index contributed by atoms with van der Waals surface area (Å²) in [4.78, 5) is 25.8. The Labute approximate surface area is 163 Å². The van der Waals surface area contributed by atoms with Gasteiger partial charge in [-0.25, -0.2) is 0 Å². The van der Waals surface area contributed by atoms with Gasteiger partial charge >= 0.3 is 5.97 Å². The molecule has 0 atom stereocenters. The zero-order chi connectivity index (χ0) is 17.9. The molecule has 0 aliphatic heterocycles. The normalized spacial score (nSPS) is 31.8. The van der Waals surface area contributed by atoms with Gasteiger partial charge in [0.2, 0.25) is 0 Å². The molecule has 4 nitrogen and oxygen atoms in total. The van der Waals surface area contributed by atoms with Crippen molar-refractivity contribution in [2.45, 2.75) is 37.9 Å². The van der Waals surface area contributed by atoms with Gasteiger partial charge in [0.15, 0.2) is 6.61 Å². The molecule has 26 heavy (non-hydrogen) atoms. The molecular weight excluding hydrogens is 366 g/mol. The number of thiophene rings is 1. The van der Waals surface area contributed by atoms with Crippen molar-refractivity contribution in [1.29, 1.82) is 0 Å². The van der Waals surface area contributed by atoms with Crippen molar-refractivity contribution in [3.63, 3.8) is 0 Å². The maximum atomic E-state index is 12.5. The molecule has 4 fully saturated rings. The first-order chi connectivity index (χ1) is 12.7. The molecule has 1 N–H and O–H groups in total. The lowest BCUT2D eigenvalue weighted by Crippen LogP contribution is -2.48. The molecule has 142 valence electrons. The van der Waals surface area contributed by atoms with E-state index in [1.807, 2.05) is 0 Å². The van der Waals surface area contributed by atoms with Crippen molar-refractivity contribution in [3.8, 4) is 0 Å². The lowest BCUT2D eigenvalue weighted by atomic mass is 9.52. The molecule has 5 rings (SSSR count). The predicted octanol–water partition coefficient (Wildman–Crippen LogP) is 3.71. The predicted molar refractivity (Wildman–Crippen MR) is 105 cm³/mol. The molecule has 1 aromatic rings. The Morgan fingerprint density at radius 1 is 1.15 bits per heavy atom. The van der Waals surface area contributed by atoms with Crippen LogP contribution < -0.4 is 5.32 Å². The molecule has 0 aromatic carbocycles. The van der Waals surface area contributed by atoms with E-state index in [1.165, 1.54) is 37.0 Å². The van der Waals surface area contributed by atoms with Crippen molar-refractivity contribution in [1.82, 2.24) is 5.32 Å². The van der Waals surface area contributed by atoms with E-state index in [-0.39, 0.29) is 24.4 Å². The summed E-state index contributed by atoms with van der Waals surface area (Å²) in [6.07, 6.45) is 6.16. The summed E-state index contributed by atoms with van der Waals surface area (Å²) >= 11 is 3.56. The summed E-state index contributed by atoms with van der Waals surface area (Å²) in [7, 11) is 0. The zero-order valence-corrected chi connectivity index (χ0v) is 16.7. The van der Waals surface area contributed by atoms with Crippen LogP contribution in [0.4, 0.5) is 0 Å². The van der Waals surface area contributed by atoms with Crippen LogP contribution in [0.1, 0.15) is 37.0 Å². The van der Waals surface area contributed by atoms with E-state index in [2.05, 4.69) is 22.8 Å². The number of amides is 1. The highest BCUT2D eigenvalue weighted by molar-refractivity contribution is 7.98. The first-order valence-electron chi connectivity index (χ1n) is 9.72. The molecule has 4 aliphatic rings. The van der Waals surface area contributed by atoms with Crippen LogP contribution in [0.15, 0.2) is 17.5 Å². The van der Waals surface area contributed by atoms with E-state index < -0.39 is 0 Å². The number of carbonyl (C=O) groups excluding carboxylic acids is 2. The van der Waals surface area contributed by atoms with Gasteiger partial charge in [0, 0.05) is 22.9 Å². The van der Waals surface area contributed by atoms with Crippen molar-refractivity contribution in [3.05, 3.63) is 22.4 Å². The second-order valence-corrected chi connectivity index (χ2v) is 10.2. The van der Waals surface area contributed by atoms with E-state index >= 15 is 0 Å². The molecule has 1 aromatic heterocycles. The van der Waals surface area contributed by atoms with Crippen LogP contribution in [0.5, 0.6) is 0 Å². The van der Waals surface area contributed by atoms with E-state index in [0.29, 0.717) is 18.4 Å². The van der Waals surface area contributed by atoms with Crippen molar-refractivity contribution in [2.75, 3.05) is 18.9 Å². The number of rotatable bonds is 8. The summed E-state index contributed by atoms with van der Waals surface area (Å²) in [6, 6.07) is 4.18. The molecule has 0 saturated heterocycles. The fourth-order valence-corrected chi connectivity index (χ4v) is 7.12. The zero-order valence-electron chi connectivity index (χ0n) is 15.0. The first-order valence-corrected chi connectivity index (χ1v) is 11.8. The van der Waals surface area contributed by atoms with Gasteiger partial charge in [-0.3, -0.25) is 9.59 Å². The minimum absolute atomic E-state index is 0.0527. The topological polar surface area (TPSA) is 55.4 Å². The second kappa shape index (κ2) is 8.34. The molecule has 4 aliphatic carbocycles. The van der Waals surface area contributed by atoms with E-state index in [9.17, 15) is 9.59 Å². The largest absolute Gasteiger partial charge is 0.455 e. The summed E-state index contributed by atoms with van der Waals surface area (Å²) in [5, 5.41) is 4.93. The van der Waals surface area contributed by atoms with Gasteiger partial charge in [0.05, 0.1) is 5.92 Å². The SMILES string of the molecule is O=C(COC(=O)C1C2CC3CC(C2)CC1C3)NCCSCc1cccs1. The van der Waals surface area contributed by atoms with Gasteiger partial charge in [0.25, 0.3) is 5.91 Å². The van der Waals surface area contributed by atoms with Crippen LogP contribution in [0.2, 0.25) is 0 Å². The van der Waals surface area contributed by atoms with Crippen LogP contribution in [0.3, 0.4) is 0 Å². The number of thioether (sulfide) groups is 1. The fourth-order valence-electron chi connectivity index (χ4n) is 5.42. The highest BCUT2D eigenvalue weighted by atomic mass is 32.2. The molecule has 0 spiro atoms. The lowest BCUT2D eigenvalue weighted by Gasteiger charge is -2.53. The Morgan fingerprint density at radius 2 is 1.88 bits per heavy atom. The van der Waals surface area contributed by atoms with Gasteiger partial charge in [-0.2, -0.15) is 11.8 Å². The van der Waals surface area contributed by atoms with E-state index in [0.717, 1.165) is 23.3 Å². The van der Waals surface area contributed by atoms with Crippen molar-refractivity contribution < 1.29 is 14.3 Å². The maximum absolute atomic E-state index is 12.5. The number of nitrogens with one attached hydrogen (secondary N) is 1. The lowest BCUT2D eigenvalue weighted by molar-refractivity contribution is -0.164. The minimum Gasteiger partial charge on any atom is -0.455 e. The summed E-state index contributed by atoms with van der Waals surface area (Å²) < 4.78 is 5.39. The molecule has 4 saturated carbocycles. The third kappa shape index (κ3) is 4.28. The number of esters is 1. The molecule has 0 unspecified atom stereocenters. The van der Waals surface area contributed by atoms with Gasteiger partial charge in [-0.15, -0.1) is 11.3 Å². The Kier molecular flexibility index (Phi) is 5.89. The average molecular weight is 394 g/mol. The maximum Gasteiger partial charge on any atom is 0.310 e. The number of carbonyl (C=O) groups is 2. The van der Waals surface area contributed by atoms with Gasteiger partial charge < -0.3 is 10.1 Å². The monoisotopic (exact) mass is 393 g/mol. The Morgan fingerprint density at radius 3 is 2.54 bits per heavy atom. The van der Waals surface area contributed by atoms with Crippen LogP contribution in [-0.2, 0) is 20.1 Å². The van der Waals surface area contributed by atoms with Crippen LogP contribution in [-0.4, -0.2) is 30.8 Å². The van der Waals surface area contributed by atoms with Gasteiger partial charge in [0.1, 0.15) is 0 Å². The third-order valence-electron chi connectivity index (χ3n) is 6.24. The van der Waals surface area contributed by atoms with Crippen molar-refractivity contribution >= 4 is 35.0 Å². The van der Waals surface area contributed by atoms with Crippen LogP contribution in [0, 0.1) is 29.6 Å². The Hall–Kier alpha value is -1.01. The number of hydrogen-bond acceptors (Lipinski definition) is 5. The van der Waals surface area contributed by atoms with Gasteiger partial charge in [-0.05, 0) is 67.2 Å². The summed E-state index contributed by atoms with van der Waals surface area (Å²) in [6.45, 7) is 0.488. The number of hydrogen-bond donors (Lipinski definition) is 1. The summed E-state index contributed by atoms with van der Waals surface area (Å²) in [5.41, 5.74) is 0. The second-order valence-electron chi connectivity index (χ2n) is 8.05. The molecule has 1 heterocycles. The standard InChI is InChI=1S/C20H27NO3S2/c22-18(21-3-5-25-12-17-2-1-4-26-17)11-24-20(23)19-15-7-13-6-14(9-15)10-16(19)8-13/h1-2,4,13-16,19H,3,5-12H2,(H,21,22). The Balaban J connectivity index is 1.13. The highest BCUT2D eigenvalue weighted by Crippen LogP contribution is 2.56.